The Morgan fingerprint density at radius 1 is 1.21 bits per heavy atom. The van der Waals surface area contributed by atoms with E-state index in [1.54, 1.807) is 20.2 Å². The number of carbonyl (C=O) groups is 3. The van der Waals surface area contributed by atoms with Crippen LogP contribution in [0.15, 0.2) is 36.5 Å². The monoisotopic (exact) mass is 394 g/mol. The minimum absolute atomic E-state index is 0.0366. The van der Waals surface area contributed by atoms with Crippen LogP contribution in [0, 0.1) is 0 Å². The summed E-state index contributed by atoms with van der Waals surface area (Å²) in [6, 6.07) is 9.42. The van der Waals surface area contributed by atoms with Crippen LogP contribution in [0.1, 0.15) is 24.5 Å². The third kappa shape index (κ3) is 3.78. The van der Waals surface area contributed by atoms with Crippen LogP contribution in [-0.4, -0.2) is 41.5 Å². The highest BCUT2D eigenvalue weighted by atomic mass is 16.5. The second kappa shape index (κ2) is 7.20. The number of methoxy groups -OCH3 is 1. The predicted molar refractivity (Wildman–Crippen MR) is 105 cm³/mol. The van der Waals surface area contributed by atoms with Crippen molar-refractivity contribution < 1.29 is 19.1 Å². The lowest BCUT2D eigenvalue weighted by Gasteiger charge is -2.21. The van der Waals surface area contributed by atoms with Crippen molar-refractivity contribution in [2.24, 2.45) is 0 Å². The second-order valence-electron chi connectivity index (χ2n) is 7.66. The minimum Gasteiger partial charge on any atom is -0.481 e. The Labute approximate surface area is 168 Å². The van der Waals surface area contributed by atoms with E-state index in [0.29, 0.717) is 12.3 Å². The number of urea groups is 1. The molecule has 29 heavy (non-hydrogen) atoms. The number of imide groups is 1. The zero-order valence-electron chi connectivity index (χ0n) is 16.2. The summed E-state index contributed by atoms with van der Waals surface area (Å²) in [6.07, 6.45) is 3.13. The van der Waals surface area contributed by atoms with Crippen LogP contribution in [0.3, 0.4) is 0 Å². The molecule has 2 aromatic rings. The number of fused-ring (bicyclic) bond motifs is 1. The Morgan fingerprint density at radius 2 is 1.97 bits per heavy atom. The van der Waals surface area contributed by atoms with E-state index in [1.165, 1.54) is 11.1 Å². The van der Waals surface area contributed by atoms with Crippen molar-refractivity contribution in [3.8, 4) is 17.0 Å². The van der Waals surface area contributed by atoms with Crippen LogP contribution < -0.4 is 20.7 Å². The maximum atomic E-state index is 12.4. The fourth-order valence-electron chi connectivity index (χ4n) is 3.88. The van der Waals surface area contributed by atoms with Gasteiger partial charge in [-0.2, -0.15) is 0 Å². The van der Waals surface area contributed by atoms with Crippen molar-refractivity contribution in [3.63, 3.8) is 0 Å². The zero-order valence-corrected chi connectivity index (χ0v) is 16.2. The van der Waals surface area contributed by atoms with Crippen molar-refractivity contribution >= 4 is 17.8 Å². The summed E-state index contributed by atoms with van der Waals surface area (Å²) in [6.45, 7) is 1.55. The van der Waals surface area contributed by atoms with Crippen molar-refractivity contribution in [2.45, 2.75) is 37.8 Å². The third-order valence-corrected chi connectivity index (χ3v) is 5.41. The van der Waals surface area contributed by atoms with Gasteiger partial charge in [-0.1, -0.05) is 18.2 Å². The van der Waals surface area contributed by atoms with Gasteiger partial charge in [0.25, 0.3) is 5.91 Å². The molecule has 2 atom stereocenters. The Kier molecular flexibility index (Phi) is 4.70. The smallest absolute Gasteiger partial charge is 0.322 e. The van der Waals surface area contributed by atoms with Crippen LogP contribution in [-0.2, 0) is 22.4 Å². The first-order valence-electron chi connectivity index (χ1n) is 9.41. The third-order valence-electron chi connectivity index (χ3n) is 5.41. The molecule has 1 aromatic carbocycles. The van der Waals surface area contributed by atoms with Gasteiger partial charge in [0.2, 0.25) is 11.8 Å². The molecule has 2 aliphatic rings. The molecule has 1 aliphatic carbocycles. The molecule has 2 heterocycles. The highest BCUT2D eigenvalue weighted by molar-refractivity contribution is 6.08. The summed E-state index contributed by atoms with van der Waals surface area (Å²) < 4.78 is 5.10. The van der Waals surface area contributed by atoms with Crippen LogP contribution in [0.2, 0.25) is 0 Å². The molecular formula is C21H22N4O4. The lowest BCUT2D eigenvalue weighted by atomic mass is 9.97. The number of benzene rings is 1. The van der Waals surface area contributed by atoms with E-state index in [2.05, 4.69) is 33.1 Å². The molecule has 1 aromatic heterocycles. The summed E-state index contributed by atoms with van der Waals surface area (Å²) in [5.41, 5.74) is 3.22. The maximum Gasteiger partial charge on any atom is 0.322 e. The Balaban J connectivity index is 1.40. The number of nitrogens with one attached hydrogen (secondary N) is 3. The fraction of sp³-hybridized carbons (Fsp3) is 0.333. The van der Waals surface area contributed by atoms with E-state index in [4.69, 9.17) is 4.74 Å². The number of nitrogens with zero attached hydrogens (tertiary/aromatic N) is 1. The number of aromatic nitrogens is 1. The van der Waals surface area contributed by atoms with E-state index < -0.39 is 17.5 Å². The summed E-state index contributed by atoms with van der Waals surface area (Å²) >= 11 is 0. The molecule has 4 rings (SSSR count). The molecule has 4 amide bonds. The van der Waals surface area contributed by atoms with Gasteiger partial charge >= 0.3 is 6.03 Å². The van der Waals surface area contributed by atoms with Gasteiger partial charge in [-0.25, -0.2) is 9.78 Å². The number of amides is 4. The molecule has 150 valence electrons. The average Bonchev–Trinajstić information content (AvgIpc) is 3.19. The normalized spacial score (nSPS) is 22.6. The van der Waals surface area contributed by atoms with Crippen LogP contribution >= 0.6 is 0 Å². The van der Waals surface area contributed by atoms with Crippen molar-refractivity contribution in [1.29, 1.82) is 0 Å². The van der Waals surface area contributed by atoms with Crippen LogP contribution in [0.25, 0.3) is 11.1 Å². The molecule has 0 radical (unpaired) electrons. The topological polar surface area (TPSA) is 109 Å². The molecule has 1 saturated heterocycles. The first-order chi connectivity index (χ1) is 13.9. The van der Waals surface area contributed by atoms with Crippen molar-refractivity contribution in [2.75, 3.05) is 7.11 Å². The molecule has 8 heteroatoms. The largest absolute Gasteiger partial charge is 0.481 e. The van der Waals surface area contributed by atoms with E-state index in [0.717, 1.165) is 17.5 Å². The lowest BCUT2D eigenvalue weighted by Crippen LogP contribution is -2.49. The predicted octanol–water partition coefficient (Wildman–Crippen LogP) is 1.33. The minimum atomic E-state index is -1.21. The fourth-order valence-corrected chi connectivity index (χ4v) is 3.88. The van der Waals surface area contributed by atoms with Crippen molar-refractivity contribution in [3.05, 3.63) is 47.7 Å². The molecule has 2 unspecified atom stereocenters. The van der Waals surface area contributed by atoms with Gasteiger partial charge in [0.1, 0.15) is 5.54 Å². The van der Waals surface area contributed by atoms with E-state index in [1.807, 2.05) is 18.2 Å². The lowest BCUT2D eigenvalue weighted by molar-refractivity contribution is -0.129. The quantitative estimate of drug-likeness (QED) is 0.663. The molecule has 8 nitrogen and oxygen atoms in total. The molecule has 0 spiro atoms. The highest BCUT2D eigenvalue weighted by Crippen LogP contribution is 2.29. The number of rotatable bonds is 5. The zero-order chi connectivity index (χ0) is 20.6. The Bertz CT molecular complexity index is 989. The number of pyridine rings is 1. The number of carbonyl (C=O) groups excluding carboxylic acids is 3. The van der Waals surface area contributed by atoms with E-state index in [-0.39, 0.29) is 18.4 Å². The molecule has 0 saturated carbocycles. The molecule has 3 N–H and O–H groups in total. The first kappa shape index (κ1) is 18.9. The summed E-state index contributed by atoms with van der Waals surface area (Å²) in [5.74, 6) is -0.175. The van der Waals surface area contributed by atoms with Crippen molar-refractivity contribution in [1.82, 2.24) is 20.9 Å². The van der Waals surface area contributed by atoms with E-state index >= 15 is 0 Å². The Hall–Kier alpha value is -3.42. The Morgan fingerprint density at radius 3 is 2.62 bits per heavy atom. The number of hydrogen-bond donors (Lipinski definition) is 3. The van der Waals surface area contributed by atoms with Crippen LogP contribution in [0.5, 0.6) is 5.88 Å². The number of hydrogen-bond acceptors (Lipinski definition) is 5. The summed E-state index contributed by atoms with van der Waals surface area (Å²) in [7, 11) is 1.58. The second-order valence-corrected chi connectivity index (χ2v) is 7.66. The molecule has 1 fully saturated rings. The van der Waals surface area contributed by atoms with Gasteiger partial charge in [-0.05, 0) is 42.5 Å². The standard InChI is InChI=1S/C21H22N4O4/c1-21(19(27)24-20(28)25-21)10-17(26)23-16-8-13-4-3-12(7-15(13)9-16)14-5-6-18(29-2)22-11-14/h3-7,11,16H,8-10H2,1-2H3,(H,23,26)(H2,24,25,27,28). The SMILES string of the molecule is COc1ccc(-c2ccc3c(c2)CC(NC(=O)CC2(C)NC(=O)NC2=O)C3)cn1. The average molecular weight is 394 g/mol. The maximum absolute atomic E-state index is 12.4. The van der Waals surface area contributed by atoms with Gasteiger partial charge in [-0.3, -0.25) is 14.9 Å². The van der Waals surface area contributed by atoms with Gasteiger partial charge in [0, 0.05) is 23.9 Å². The number of ether oxygens (including phenoxy) is 1. The molecule has 0 bridgehead atoms. The van der Waals surface area contributed by atoms with Gasteiger partial charge in [-0.15, -0.1) is 0 Å². The van der Waals surface area contributed by atoms with E-state index in [9.17, 15) is 14.4 Å². The van der Waals surface area contributed by atoms with Crippen LogP contribution in [0.4, 0.5) is 4.79 Å². The molecular weight excluding hydrogens is 372 g/mol. The van der Waals surface area contributed by atoms with Gasteiger partial charge < -0.3 is 15.4 Å². The highest BCUT2D eigenvalue weighted by Gasteiger charge is 2.43. The first-order valence-corrected chi connectivity index (χ1v) is 9.41. The molecule has 1 aliphatic heterocycles. The summed E-state index contributed by atoms with van der Waals surface area (Å²) in [4.78, 5) is 39.9. The summed E-state index contributed by atoms with van der Waals surface area (Å²) in [5, 5.41) is 7.67. The van der Waals surface area contributed by atoms with Gasteiger partial charge in [0.15, 0.2) is 0 Å². The van der Waals surface area contributed by atoms with Gasteiger partial charge in [0.05, 0.1) is 13.5 Å².